The molecule has 3 aromatic rings. The van der Waals surface area contributed by atoms with Crippen LogP contribution in [0.2, 0.25) is 0 Å². The molecule has 1 fully saturated rings. The third kappa shape index (κ3) is 4.45. The number of amides is 1. The summed E-state index contributed by atoms with van der Waals surface area (Å²) >= 11 is 0. The maximum absolute atomic E-state index is 12.7. The standard InChI is InChI=1S/C25H29N3O2/c1-25(2,3)19-9-4-16(5-10-19)17-6-11-20(12-7-17)27-24(30)18-8-13-21-22(14-18)28-23(29)15-26-21/h4-5,8-10,13-15,17,20H,6-7,11-12H2,1-3H3,(H,27,30)(H,28,29). The lowest BCUT2D eigenvalue weighted by Crippen LogP contribution is -2.37. The molecule has 1 heterocycles. The normalized spacial score (nSPS) is 19.6. The average molecular weight is 404 g/mol. The fourth-order valence-electron chi connectivity index (χ4n) is 4.28. The van der Waals surface area contributed by atoms with Gasteiger partial charge in [0.15, 0.2) is 0 Å². The smallest absolute Gasteiger partial charge is 0.266 e. The second-order valence-corrected chi connectivity index (χ2v) is 9.37. The van der Waals surface area contributed by atoms with Gasteiger partial charge in [0.05, 0.1) is 17.2 Å². The van der Waals surface area contributed by atoms with Crippen molar-refractivity contribution < 1.29 is 4.79 Å². The van der Waals surface area contributed by atoms with Crippen molar-refractivity contribution in [3.8, 4) is 0 Å². The molecular weight excluding hydrogens is 374 g/mol. The van der Waals surface area contributed by atoms with Gasteiger partial charge >= 0.3 is 0 Å². The molecule has 0 aliphatic heterocycles. The van der Waals surface area contributed by atoms with E-state index in [1.165, 1.54) is 17.3 Å². The number of fused-ring (bicyclic) bond motifs is 1. The first-order valence-corrected chi connectivity index (χ1v) is 10.7. The summed E-state index contributed by atoms with van der Waals surface area (Å²) in [5.41, 5.74) is 4.46. The number of aromatic nitrogens is 2. The number of carbonyl (C=O) groups excluding carboxylic acids is 1. The van der Waals surface area contributed by atoms with E-state index in [0.29, 0.717) is 22.5 Å². The Kier molecular flexibility index (Phi) is 5.46. The Balaban J connectivity index is 1.36. The zero-order chi connectivity index (χ0) is 21.3. The van der Waals surface area contributed by atoms with E-state index in [1.54, 1.807) is 18.2 Å². The number of hydrogen-bond donors (Lipinski definition) is 2. The van der Waals surface area contributed by atoms with Gasteiger partial charge in [-0.05, 0) is 66.3 Å². The van der Waals surface area contributed by atoms with E-state index >= 15 is 0 Å². The van der Waals surface area contributed by atoms with Gasteiger partial charge in [-0.15, -0.1) is 0 Å². The molecule has 5 nitrogen and oxygen atoms in total. The third-order valence-corrected chi connectivity index (χ3v) is 6.15. The van der Waals surface area contributed by atoms with Gasteiger partial charge in [-0.3, -0.25) is 9.59 Å². The Hall–Kier alpha value is -2.95. The van der Waals surface area contributed by atoms with Gasteiger partial charge in [-0.2, -0.15) is 0 Å². The van der Waals surface area contributed by atoms with E-state index in [9.17, 15) is 9.59 Å². The van der Waals surface area contributed by atoms with Gasteiger partial charge in [0.2, 0.25) is 0 Å². The minimum absolute atomic E-state index is 0.0976. The molecule has 2 N–H and O–H groups in total. The molecule has 1 aromatic heterocycles. The van der Waals surface area contributed by atoms with Crippen LogP contribution in [0.3, 0.4) is 0 Å². The van der Waals surface area contributed by atoms with E-state index < -0.39 is 0 Å². The first kappa shape index (κ1) is 20.3. The molecule has 5 heteroatoms. The van der Waals surface area contributed by atoms with Crippen LogP contribution in [0.5, 0.6) is 0 Å². The first-order valence-electron chi connectivity index (χ1n) is 10.7. The number of rotatable bonds is 3. The first-order chi connectivity index (χ1) is 14.3. The summed E-state index contributed by atoms with van der Waals surface area (Å²) in [5.74, 6) is 0.462. The quantitative estimate of drug-likeness (QED) is 0.667. The number of carbonyl (C=O) groups is 1. The Bertz CT molecular complexity index is 1100. The van der Waals surface area contributed by atoms with Crippen LogP contribution in [0.1, 0.15) is 73.9 Å². The monoisotopic (exact) mass is 403 g/mol. The van der Waals surface area contributed by atoms with Crippen LogP contribution < -0.4 is 10.9 Å². The summed E-state index contributed by atoms with van der Waals surface area (Å²) in [4.78, 5) is 31.0. The molecule has 4 rings (SSSR count). The molecule has 0 bridgehead atoms. The lowest BCUT2D eigenvalue weighted by atomic mass is 9.80. The molecule has 30 heavy (non-hydrogen) atoms. The Labute approximate surface area is 176 Å². The summed E-state index contributed by atoms with van der Waals surface area (Å²) in [6, 6.07) is 14.4. The summed E-state index contributed by atoms with van der Waals surface area (Å²) in [5, 5.41) is 3.16. The van der Waals surface area contributed by atoms with E-state index in [2.05, 4.69) is 60.3 Å². The molecule has 1 saturated carbocycles. The fraction of sp³-hybridized carbons (Fsp3) is 0.400. The van der Waals surface area contributed by atoms with Gasteiger partial charge in [-0.25, -0.2) is 4.98 Å². The van der Waals surface area contributed by atoms with Crippen molar-refractivity contribution in [1.29, 1.82) is 0 Å². The van der Waals surface area contributed by atoms with Crippen molar-refractivity contribution >= 4 is 16.9 Å². The van der Waals surface area contributed by atoms with Gasteiger partial charge in [0.1, 0.15) is 0 Å². The predicted molar refractivity (Wildman–Crippen MR) is 120 cm³/mol. The van der Waals surface area contributed by atoms with Crippen molar-refractivity contribution in [2.24, 2.45) is 0 Å². The van der Waals surface area contributed by atoms with Crippen molar-refractivity contribution in [2.45, 2.75) is 63.8 Å². The molecule has 0 unspecified atom stereocenters. The topological polar surface area (TPSA) is 74.8 Å². The number of aromatic amines is 1. The largest absolute Gasteiger partial charge is 0.349 e. The summed E-state index contributed by atoms with van der Waals surface area (Å²) in [7, 11) is 0. The lowest BCUT2D eigenvalue weighted by molar-refractivity contribution is 0.0926. The Morgan fingerprint density at radius 2 is 1.73 bits per heavy atom. The predicted octanol–water partition coefficient (Wildman–Crippen LogP) is 4.68. The Morgan fingerprint density at radius 1 is 1.03 bits per heavy atom. The van der Waals surface area contributed by atoms with Crippen LogP contribution in [-0.4, -0.2) is 21.9 Å². The highest BCUT2D eigenvalue weighted by Gasteiger charge is 2.24. The molecule has 156 valence electrons. The maximum Gasteiger partial charge on any atom is 0.266 e. The molecule has 1 aliphatic rings. The van der Waals surface area contributed by atoms with Crippen LogP contribution in [0.4, 0.5) is 0 Å². The minimum atomic E-state index is -0.270. The molecule has 0 saturated heterocycles. The van der Waals surface area contributed by atoms with Crippen molar-refractivity contribution in [3.63, 3.8) is 0 Å². The zero-order valence-electron chi connectivity index (χ0n) is 17.9. The number of hydrogen-bond acceptors (Lipinski definition) is 3. The van der Waals surface area contributed by atoms with E-state index in [0.717, 1.165) is 25.7 Å². The van der Waals surface area contributed by atoms with Crippen LogP contribution in [0.15, 0.2) is 53.5 Å². The molecule has 0 radical (unpaired) electrons. The minimum Gasteiger partial charge on any atom is -0.349 e. The molecule has 0 spiro atoms. The number of benzene rings is 2. The molecule has 1 aliphatic carbocycles. The van der Waals surface area contributed by atoms with Gasteiger partial charge in [0, 0.05) is 11.6 Å². The SMILES string of the molecule is CC(C)(C)c1ccc(C2CCC(NC(=O)c3ccc4ncc(=O)[nH]c4c3)CC2)cc1. The van der Waals surface area contributed by atoms with Gasteiger partial charge in [-0.1, -0.05) is 45.0 Å². The third-order valence-electron chi connectivity index (χ3n) is 6.15. The highest BCUT2D eigenvalue weighted by Crippen LogP contribution is 2.34. The number of nitrogens with one attached hydrogen (secondary N) is 2. The van der Waals surface area contributed by atoms with E-state index in [-0.39, 0.29) is 22.9 Å². The number of H-pyrrole nitrogens is 1. The average Bonchev–Trinajstić information content (AvgIpc) is 2.73. The fourth-order valence-corrected chi connectivity index (χ4v) is 4.28. The molecule has 2 aromatic carbocycles. The zero-order valence-corrected chi connectivity index (χ0v) is 17.9. The lowest BCUT2D eigenvalue weighted by Gasteiger charge is -2.30. The maximum atomic E-state index is 12.7. The molecule has 0 atom stereocenters. The highest BCUT2D eigenvalue weighted by atomic mass is 16.1. The second-order valence-electron chi connectivity index (χ2n) is 9.37. The van der Waals surface area contributed by atoms with E-state index in [4.69, 9.17) is 0 Å². The molecule has 1 amide bonds. The van der Waals surface area contributed by atoms with Crippen LogP contribution >= 0.6 is 0 Å². The molecular formula is C25H29N3O2. The van der Waals surface area contributed by atoms with Crippen molar-refractivity contribution in [2.75, 3.05) is 0 Å². The van der Waals surface area contributed by atoms with Gasteiger partial charge < -0.3 is 10.3 Å². The highest BCUT2D eigenvalue weighted by molar-refractivity contribution is 5.97. The summed E-state index contributed by atoms with van der Waals surface area (Å²) in [6.07, 6.45) is 5.35. The summed E-state index contributed by atoms with van der Waals surface area (Å²) in [6.45, 7) is 6.71. The van der Waals surface area contributed by atoms with Gasteiger partial charge in [0.25, 0.3) is 11.5 Å². The number of nitrogens with zero attached hydrogens (tertiary/aromatic N) is 1. The second kappa shape index (κ2) is 8.05. The van der Waals surface area contributed by atoms with Crippen LogP contribution in [0.25, 0.3) is 11.0 Å². The van der Waals surface area contributed by atoms with Crippen LogP contribution in [0, 0.1) is 0 Å². The summed E-state index contributed by atoms with van der Waals surface area (Å²) < 4.78 is 0. The van der Waals surface area contributed by atoms with Crippen molar-refractivity contribution in [3.05, 3.63) is 75.7 Å². The van der Waals surface area contributed by atoms with Crippen molar-refractivity contribution in [1.82, 2.24) is 15.3 Å². The van der Waals surface area contributed by atoms with Crippen LogP contribution in [-0.2, 0) is 5.41 Å². The Morgan fingerprint density at radius 3 is 2.40 bits per heavy atom. The van der Waals surface area contributed by atoms with E-state index in [1.807, 2.05) is 0 Å².